The standard InChI is InChI=1S/C16H33N3O/c1-12(15(2,3)4)19(6)11-9-13-8-7-10-16(13,18-5)14(17)20/h12-13,18H,7-11H2,1-6H3,(H2,17,20). The van der Waals surface area contributed by atoms with Crippen LogP contribution in [0.5, 0.6) is 0 Å². The largest absolute Gasteiger partial charge is 0.368 e. The van der Waals surface area contributed by atoms with E-state index in [2.05, 4.69) is 45.0 Å². The quantitative estimate of drug-likeness (QED) is 0.784. The average Bonchev–Trinajstić information content (AvgIpc) is 2.77. The van der Waals surface area contributed by atoms with Gasteiger partial charge in [0.1, 0.15) is 5.54 Å². The van der Waals surface area contributed by atoms with Crippen LogP contribution < -0.4 is 11.1 Å². The van der Waals surface area contributed by atoms with Crippen molar-refractivity contribution in [1.29, 1.82) is 0 Å². The Bertz CT molecular complexity index is 337. The van der Waals surface area contributed by atoms with Gasteiger partial charge in [-0.25, -0.2) is 0 Å². The summed E-state index contributed by atoms with van der Waals surface area (Å²) in [5, 5.41) is 3.22. The highest BCUT2D eigenvalue weighted by Crippen LogP contribution is 2.38. The number of nitrogens with zero attached hydrogens (tertiary/aromatic N) is 1. The highest BCUT2D eigenvalue weighted by atomic mass is 16.1. The van der Waals surface area contributed by atoms with E-state index >= 15 is 0 Å². The molecule has 0 saturated heterocycles. The Balaban J connectivity index is 2.63. The molecule has 0 aliphatic heterocycles. The zero-order valence-corrected chi connectivity index (χ0v) is 14.1. The number of likely N-dealkylation sites (N-methyl/N-ethyl adjacent to an activating group) is 1. The molecule has 0 spiro atoms. The topological polar surface area (TPSA) is 58.4 Å². The van der Waals surface area contributed by atoms with Crippen LogP contribution in [0.25, 0.3) is 0 Å². The van der Waals surface area contributed by atoms with Crippen LogP contribution in [0.4, 0.5) is 0 Å². The van der Waals surface area contributed by atoms with Crippen molar-refractivity contribution in [2.24, 2.45) is 17.1 Å². The van der Waals surface area contributed by atoms with Gasteiger partial charge in [-0.05, 0) is 58.2 Å². The monoisotopic (exact) mass is 283 g/mol. The van der Waals surface area contributed by atoms with Crippen molar-refractivity contribution in [2.75, 3.05) is 20.6 Å². The zero-order chi connectivity index (χ0) is 15.6. The summed E-state index contributed by atoms with van der Waals surface area (Å²) in [5.41, 5.74) is 5.45. The summed E-state index contributed by atoms with van der Waals surface area (Å²) >= 11 is 0. The molecule has 1 saturated carbocycles. The molecule has 0 heterocycles. The number of amides is 1. The van der Waals surface area contributed by atoms with E-state index < -0.39 is 5.54 Å². The van der Waals surface area contributed by atoms with Gasteiger partial charge in [-0.15, -0.1) is 0 Å². The summed E-state index contributed by atoms with van der Waals surface area (Å²) in [7, 11) is 4.04. The molecule has 20 heavy (non-hydrogen) atoms. The van der Waals surface area contributed by atoms with Gasteiger partial charge >= 0.3 is 0 Å². The van der Waals surface area contributed by atoms with Crippen LogP contribution in [0, 0.1) is 11.3 Å². The van der Waals surface area contributed by atoms with E-state index in [9.17, 15) is 4.79 Å². The number of hydrogen-bond acceptors (Lipinski definition) is 3. The first-order chi connectivity index (χ1) is 9.15. The second-order valence-corrected chi connectivity index (χ2v) is 7.49. The van der Waals surface area contributed by atoms with Crippen molar-refractivity contribution in [3.05, 3.63) is 0 Å². The van der Waals surface area contributed by atoms with Gasteiger partial charge in [0, 0.05) is 6.04 Å². The van der Waals surface area contributed by atoms with Crippen LogP contribution in [-0.2, 0) is 4.79 Å². The van der Waals surface area contributed by atoms with Gasteiger partial charge in [0.25, 0.3) is 0 Å². The van der Waals surface area contributed by atoms with Crippen LogP contribution in [0.2, 0.25) is 0 Å². The first kappa shape index (κ1) is 17.4. The van der Waals surface area contributed by atoms with Crippen molar-refractivity contribution in [3.8, 4) is 0 Å². The summed E-state index contributed by atoms with van der Waals surface area (Å²) in [6, 6.07) is 0.515. The van der Waals surface area contributed by atoms with Gasteiger partial charge in [0.05, 0.1) is 0 Å². The molecule has 1 aliphatic carbocycles. The number of primary amides is 1. The van der Waals surface area contributed by atoms with Crippen LogP contribution >= 0.6 is 0 Å². The van der Waals surface area contributed by atoms with E-state index in [0.29, 0.717) is 12.0 Å². The molecule has 1 rings (SSSR count). The second kappa shape index (κ2) is 6.44. The molecular formula is C16H33N3O. The Hall–Kier alpha value is -0.610. The molecular weight excluding hydrogens is 250 g/mol. The maximum absolute atomic E-state index is 11.8. The van der Waals surface area contributed by atoms with Gasteiger partial charge in [-0.3, -0.25) is 4.79 Å². The Morgan fingerprint density at radius 2 is 2.10 bits per heavy atom. The molecule has 1 fully saturated rings. The summed E-state index contributed by atoms with van der Waals surface area (Å²) in [5.74, 6) is 0.175. The number of carbonyl (C=O) groups excluding carboxylic acids is 1. The first-order valence-corrected chi connectivity index (χ1v) is 7.84. The molecule has 0 aromatic rings. The Morgan fingerprint density at radius 1 is 1.50 bits per heavy atom. The Kier molecular flexibility index (Phi) is 5.61. The fourth-order valence-corrected chi connectivity index (χ4v) is 3.46. The molecule has 1 aliphatic rings. The van der Waals surface area contributed by atoms with Gasteiger partial charge in [-0.2, -0.15) is 0 Å². The van der Waals surface area contributed by atoms with E-state index in [0.717, 1.165) is 32.2 Å². The third kappa shape index (κ3) is 3.53. The maximum atomic E-state index is 11.8. The number of rotatable bonds is 6. The lowest BCUT2D eigenvalue weighted by Gasteiger charge is -2.38. The van der Waals surface area contributed by atoms with Crippen LogP contribution in [0.3, 0.4) is 0 Å². The maximum Gasteiger partial charge on any atom is 0.238 e. The predicted octanol–water partition coefficient (Wildman–Crippen LogP) is 1.99. The molecule has 3 unspecified atom stereocenters. The van der Waals surface area contributed by atoms with E-state index in [-0.39, 0.29) is 11.3 Å². The Morgan fingerprint density at radius 3 is 2.55 bits per heavy atom. The number of carbonyl (C=O) groups is 1. The molecule has 4 heteroatoms. The SMILES string of the molecule is CNC1(C(N)=O)CCCC1CCN(C)C(C)C(C)(C)C. The van der Waals surface area contributed by atoms with Crippen molar-refractivity contribution in [3.63, 3.8) is 0 Å². The molecule has 0 bridgehead atoms. The minimum absolute atomic E-state index is 0.186. The summed E-state index contributed by atoms with van der Waals surface area (Å²) < 4.78 is 0. The minimum atomic E-state index is -0.480. The lowest BCUT2D eigenvalue weighted by atomic mass is 9.83. The highest BCUT2D eigenvalue weighted by molar-refractivity contribution is 5.85. The van der Waals surface area contributed by atoms with Crippen molar-refractivity contribution >= 4 is 5.91 Å². The van der Waals surface area contributed by atoms with E-state index in [1.807, 2.05) is 7.05 Å². The summed E-state index contributed by atoms with van der Waals surface area (Å²) in [6.45, 7) is 10.1. The molecule has 0 aromatic carbocycles. The first-order valence-electron chi connectivity index (χ1n) is 7.84. The smallest absolute Gasteiger partial charge is 0.238 e. The van der Waals surface area contributed by atoms with Crippen LogP contribution in [0.1, 0.15) is 53.4 Å². The molecule has 0 aromatic heterocycles. The van der Waals surface area contributed by atoms with Gasteiger partial charge in [0.2, 0.25) is 5.91 Å². The molecule has 1 amide bonds. The summed E-state index contributed by atoms with van der Waals surface area (Å²) in [4.78, 5) is 14.3. The highest BCUT2D eigenvalue weighted by Gasteiger charge is 2.46. The fraction of sp³-hybridized carbons (Fsp3) is 0.938. The summed E-state index contributed by atoms with van der Waals surface area (Å²) in [6.07, 6.45) is 4.09. The van der Waals surface area contributed by atoms with Gasteiger partial charge in [-0.1, -0.05) is 27.2 Å². The van der Waals surface area contributed by atoms with Crippen molar-refractivity contribution in [1.82, 2.24) is 10.2 Å². The van der Waals surface area contributed by atoms with Crippen LogP contribution in [0.15, 0.2) is 0 Å². The van der Waals surface area contributed by atoms with Crippen molar-refractivity contribution < 1.29 is 4.79 Å². The van der Waals surface area contributed by atoms with Crippen LogP contribution in [-0.4, -0.2) is 43.0 Å². The lowest BCUT2D eigenvalue weighted by Crippen LogP contribution is -2.57. The Labute approximate surface area is 124 Å². The predicted molar refractivity (Wildman–Crippen MR) is 84.5 cm³/mol. The molecule has 3 N–H and O–H groups in total. The van der Waals surface area contributed by atoms with E-state index in [1.54, 1.807) is 0 Å². The zero-order valence-electron chi connectivity index (χ0n) is 14.1. The second-order valence-electron chi connectivity index (χ2n) is 7.49. The average molecular weight is 283 g/mol. The van der Waals surface area contributed by atoms with Gasteiger partial charge < -0.3 is 16.0 Å². The fourth-order valence-electron chi connectivity index (χ4n) is 3.46. The molecule has 118 valence electrons. The lowest BCUT2D eigenvalue weighted by molar-refractivity contribution is -0.125. The number of hydrogen-bond donors (Lipinski definition) is 2. The number of nitrogens with two attached hydrogens (primary N) is 1. The third-order valence-electron chi connectivity index (χ3n) is 5.45. The molecule has 3 atom stereocenters. The minimum Gasteiger partial charge on any atom is -0.368 e. The third-order valence-corrected chi connectivity index (χ3v) is 5.45. The molecule has 0 radical (unpaired) electrons. The van der Waals surface area contributed by atoms with Gasteiger partial charge in [0.15, 0.2) is 0 Å². The number of nitrogens with one attached hydrogen (secondary N) is 1. The molecule has 4 nitrogen and oxygen atoms in total. The van der Waals surface area contributed by atoms with Crippen molar-refractivity contribution in [2.45, 2.75) is 65.0 Å². The normalized spacial score (nSPS) is 28.9. The van der Waals surface area contributed by atoms with E-state index in [4.69, 9.17) is 5.73 Å². The van der Waals surface area contributed by atoms with E-state index in [1.165, 1.54) is 0 Å².